The Hall–Kier alpha value is -1.73. The van der Waals surface area contributed by atoms with Crippen LogP contribution in [0.5, 0.6) is 0 Å². The maximum absolute atomic E-state index is 11.2. The molecule has 1 aliphatic rings. The number of hydrogen-bond donors (Lipinski definition) is 0. The number of pyridine rings is 1. The van der Waals surface area contributed by atoms with Gasteiger partial charge in [0.15, 0.2) is 0 Å². The van der Waals surface area contributed by atoms with Gasteiger partial charge in [-0.3, -0.25) is 9.69 Å². The minimum atomic E-state index is 0.374. The molecule has 1 aromatic heterocycles. The van der Waals surface area contributed by atoms with Gasteiger partial charge in [-0.1, -0.05) is 6.07 Å². The van der Waals surface area contributed by atoms with E-state index < -0.39 is 0 Å². The summed E-state index contributed by atoms with van der Waals surface area (Å²) in [6.45, 7) is 0.718. The fourth-order valence-electron chi connectivity index (χ4n) is 2.43. The van der Waals surface area contributed by atoms with Crippen molar-refractivity contribution in [1.29, 1.82) is 5.26 Å². The van der Waals surface area contributed by atoms with E-state index >= 15 is 0 Å². The van der Waals surface area contributed by atoms with Crippen LogP contribution in [0.4, 0.5) is 0 Å². The van der Waals surface area contributed by atoms with Gasteiger partial charge in [0.2, 0.25) is 0 Å². The van der Waals surface area contributed by atoms with E-state index in [4.69, 9.17) is 5.26 Å². The van der Waals surface area contributed by atoms with Crippen LogP contribution in [0.2, 0.25) is 0 Å². The molecule has 94 valence electrons. The van der Waals surface area contributed by atoms with E-state index in [1.807, 2.05) is 12.1 Å². The summed E-state index contributed by atoms with van der Waals surface area (Å²) < 4.78 is 0. The Morgan fingerprint density at radius 2 is 2.22 bits per heavy atom. The lowest BCUT2D eigenvalue weighted by Crippen LogP contribution is -2.35. The highest BCUT2D eigenvalue weighted by Crippen LogP contribution is 2.21. The zero-order chi connectivity index (χ0) is 13.0. The summed E-state index contributed by atoms with van der Waals surface area (Å²) in [5.74, 6) is 0.374. The average molecular weight is 243 g/mol. The van der Waals surface area contributed by atoms with Crippen LogP contribution in [-0.4, -0.2) is 28.8 Å². The Morgan fingerprint density at radius 1 is 1.50 bits per heavy atom. The lowest BCUT2D eigenvalue weighted by atomic mass is 9.93. The number of carbonyl (C=O) groups is 1. The highest BCUT2D eigenvalue weighted by atomic mass is 16.1. The molecule has 0 aromatic carbocycles. The second-order valence-electron chi connectivity index (χ2n) is 4.81. The molecule has 0 amide bonds. The first-order valence-electron chi connectivity index (χ1n) is 6.26. The Labute approximate surface area is 107 Å². The predicted molar refractivity (Wildman–Crippen MR) is 67.7 cm³/mol. The molecule has 4 nitrogen and oxygen atoms in total. The van der Waals surface area contributed by atoms with Crippen molar-refractivity contribution in [3.05, 3.63) is 29.6 Å². The fourth-order valence-corrected chi connectivity index (χ4v) is 2.43. The molecule has 0 bridgehead atoms. The van der Waals surface area contributed by atoms with Crippen LogP contribution in [0, 0.1) is 11.3 Å². The van der Waals surface area contributed by atoms with E-state index in [1.54, 1.807) is 6.20 Å². The summed E-state index contributed by atoms with van der Waals surface area (Å²) in [5, 5.41) is 9.00. The molecule has 4 heteroatoms. The van der Waals surface area contributed by atoms with E-state index in [0.29, 0.717) is 30.4 Å². The Morgan fingerprint density at radius 3 is 2.89 bits per heavy atom. The predicted octanol–water partition coefficient (Wildman–Crippen LogP) is 1.90. The molecule has 2 rings (SSSR count). The molecule has 18 heavy (non-hydrogen) atoms. The SMILES string of the molecule is CN(Cc1cccnc1C#N)C1CCC(=O)CC1. The first-order chi connectivity index (χ1) is 8.70. The van der Waals surface area contributed by atoms with Crippen molar-refractivity contribution >= 4 is 5.78 Å². The van der Waals surface area contributed by atoms with Gasteiger partial charge >= 0.3 is 0 Å². The van der Waals surface area contributed by atoms with E-state index in [9.17, 15) is 4.79 Å². The van der Waals surface area contributed by atoms with Crippen molar-refractivity contribution in [1.82, 2.24) is 9.88 Å². The van der Waals surface area contributed by atoms with E-state index in [1.165, 1.54) is 0 Å². The molecule has 0 spiro atoms. The van der Waals surface area contributed by atoms with Gasteiger partial charge in [-0.15, -0.1) is 0 Å². The number of carbonyl (C=O) groups excluding carboxylic acids is 1. The number of hydrogen-bond acceptors (Lipinski definition) is 4. The highest BCUT2D eigenvalue weighted by Gasteiger charge is 2.22. The quantitative estimate of drug-likeness (QED) is 0.813. The zero-order valence-electron chi connectivity index (χ0n) is 10.6. The van der Waals surface area contributed by atoms with Gasteiger partial charge in [0.1, 0.15) is 17.5 Å². The smallest absolute Gasteiger partial charge is 0.144 e. The first-order valence-corrected chi connectivity index (χ1v) is 6.26. The molecule has 0 atom stereocenters. The van der Waals surface area contributed by atoms with E-state index in [0.717, 1.165) is 24.9 Å². The summed E-state index contributed by atoms with van der Waals surface area (Å²) in [6, 6.07) is 6.35. The van der Waals surface area contributed by atoms with E-state index in [2.05, 4.69) is 23.0 Å². The number of Topliss-reactive ketones (excluding diaryl/α,β-unsaturated/α-hetero) is 1. The van der Waals surface area contributed by atoms with Crippen molar-refractivity contribution in [3.8, 4) is 6.07 Å². The maximum atomic E-state index is 11.2. The van der Waals surface area contributed by atoms with Crippen molar-refractivity contribution in [3.63, 3.8) is 0 Å². The normalized spacial score (nSPS) is 16.8. The minimum Gasteiger partial charge on any atom is -0.300 e. The van der Waals surface area contributed by atoms with Gasteiger partial charge in [0, 0.05) is 37.2 Å². The van der Waals surface area contributed by atoms with Crippen LogP contribution in [0.15, 0.2) is 18.3 Å². The lowest BCUT2D eigenvalue weighted by molar-refractivity contribution is -0.121. The summed E-state index contributed by atoms with van der Waals surface area (Å²) in [7, 11) is 2.05. The number of ketones is 1. The van der Waals surface area contributed by atoms with Gasteiger partial charge in [-0.25, -0.2) is 4.98 Å². The third kappa shape index (κ3) is 2.93. The molecule has 0 unspecified atom stereocenters. The molecule has 1 saturated carbocycles. The summed E-state index contributed by atoms with van der Waals surface area (Å²) >= 11 is 0. The number of rotatable bonds is 3. The third-order valence-corrected chi connectivity index (χ3v) is 3.55. The third-order valence-electron chi connectivity index (χ3n) is 3.55. The molecule has 0 saturated heterocycles. The Kier molecular flexibility index (Phi) is 4.06. The van der Waals surface area contributed by atoms with Gasteiger partial charge in [-0.2, -0.15) is 5.26 Å². The summed E-state index contributed by atoms with van der Waals surface area (Å²) in [4.78, 5) is 17.5. The van der Waals surface area contributed by atoms with Crippen LogP contribution < -0.4 is 0 Å². The lowest BCUT2D eigenvalue weighted by Gasteiger charge is -2.30. The summed E-state index contributed by atoms with van der Waals surface area (Å²) in [5.41, 5.74) is 1.45. The molecule has 1 fully saturated rings. The number of nitriles is 1. The number of aromatic nitrogens is 1. The van der Waals surface area contributed by atoms with Crippen molar-refractivity contribution in [2.75, 3.05) is 7.05 Å². The van der Waals surface area contributed by atoms with Crippen LogP contribution >= 0.6 is 0 Å². The molecular formula is C14H17N3O. The zero-order valence-corrected chi connectivity index (χ0v) is 10.6. The molecule has 0 aliphatic heterocycles. The fraction of sp³-hybridized carbons (Fsp3) is 0.500. The van der Waals surface area contributed by atoms with Crippen LogP contribution in [0.3, 0.4) is 0 Å². The molecule has 1 aromatic rings. The maximum Gasteiger partial charge on any atom is 0.144 e. The first kappa shape index (κ1) is 12.7. The molecule has 1 aliphatic carbocycles. The van der Waals surface area contributed by atoms with Crippen molar-refractivity contribution in [2.24, 2.45) is 0 Å². The Balaban J connectivity index is 2.01. The topological polar surface area (TPSA) is 57.0 Å². The molecular weight excluding hydrogens is 226 g/mol. The van der Waals surface area contributed by atoms with Crippen LogP contribution in [-0.2, 0) is 11.3 Å². The standard InChI is InChI=1S/C14H17N3O/c1-17(12-4-6-13(18)7-5-12)10-11-3-2-8-16-14(11)9-15/h2-3,8,12H,4-7,10H2,1H3. The molecule has 0 radical (unpaired) electrons. The van der Waals surface area contributed by atoms with Crippen molar-refractivity contribution < 1.29 is 4.79 Å². The minimum absolute atomic E-state index is 0.374. The van der Waals surface area contributed by atoms with Crippen LogP contribution in [0.1, 0.15) is 36.9 Å². The van der Waals surface area contributed by atoms with Gasteiger partial charge in [0.25, 0.3) is 0 Å². The van der Waals surface area contributed by atoms with Crippen molar-refractivity contribution in [2.45, 2.75) is 38.3 Å². The van der Waals surface area contributed by atoms with Crippen LogP contribution in [0.25, 0.3) is 0 Å². The second-order valence-corrected chi connectivity index (χ2v) is 4.81. The molecule has 1 heterocycles. The highest BCUT2D eigenvalue weighted by molar-refractivity contribution is 5.79. The average Bonchev–Trinajstić information content (AvgIpc) is 2.40. The monoisotopic (exact) mass is 243 g/mol. The second kappa shape index (κ2) is 5.74. The van der Waals surface area contributed by atoms with Gasteiger partial charge in [-0.05, 0) is 26.0 Å². The summed E-state index contributed by atoms with van der Waals surface area (Å²) in [6.07, 6.45) is 4.87. The van der Waals surface area contributed by atoms with E-state index in [-0.39, 0.29) is 0 Å². The Bertz CT molecular complexity index is 468. The van der Waals surface area contributed by atoms with Gasteiger partial charge < -0.3 is 0 Å². The van der Waals surface area contributed by atoms with Gasteiger partial charge in [0.05, 0.1) is 0 Å². The largest absolute Gasteiger partial charge is 0.300 e. The molecule has 0 N–H and O–H groups in total. The number of nitrogens with zero attached hydrogens (tertiary/aromatic N) is 3.